The standard InChI is InChI=1S/C9H19N.C2H6/c1-4-10-8(2)6-5-7-9(10)3;1-2/h8-9H,4-7H2,1-3H3;1-2H3. The van der Waals surface area contributed by atoms with Gasteiger partial charge in [-0.05, 0) is 33.2 Å². The van der Waals surface area contributed by atoms with E-state index in [0.29, 0.717) is 0 Å². The maximum Gasteiger partial charge on any atom is 0.00696 e. The Hall–Kier alpha value is -0.0400. The highest BCUT2D eigenvalue weighted by Gasteiger charge is 2.22. The van der Waals surface area contributed by atoms with Gasteiger partial charge in [-0.3, -0.25) is 4.90 Å². The molecule has 0 radical (unpaired) electrons. The summed E-state index contributed by atoms with van der Waals surface area (Å²) in [5.74, 6) is 0. The van der Waals surface area contributed by atoms with E-state index >= 15 is 0 Å². The normalized spacial score (nSPS) is 30.8. The first kappa shape index (κ1) is 12.0. The van der Waals surface area contributed by atoms with Crippen molar-refractivity contribution in [1.29, 1.82) is 0 Å². The molecule has 12 heavy (non-hydrogen) atoms. The first-order valence-electron chi connectivity index (χ1n) is 5.51. The fourth-order valence-corrected chi connectivity index (χ4v) is 2.10. The van der Waals surface area contributed by atoms with Crippen LogP contribution in [0, 0.1) is 0 Å². The van der Waals surface area contributed by atoms with Gasteiger partial charge in [0.15, 0.2) is 0 Å². The Kier molecular flexibility index (Phi) is 6.45. The minimum atomic E-state index is 0.828. The monoisotopic (exact) mass is 171 g/mol. The largest absolute Gasteiger partial charge is 0.298 e. The summed E-state index contributed by atoms with van der Waals surface area (Å²) in [6, 6.07) is 1.66. The highest BCUT2D eigenvalue weighted by molar-refractivity contribution is 4.77. The van der Waals surface area contributed by atoms with E-state index in [1.807, 2.05) is 13.8 Å². The zero-order valence-corrected chi connectivity index (χ0v) is 9.43. The molecule has 2 unspecified atom stereocenters. The topological polar surface area (TPSA) is 3.24 Å². The van der Waals surface area contributed by atoms with Crippen molar-refractivity contribution in [2.75, 3.05) is 6.54 Å². The van der Waals surface area contributed by atoms with Crippen molar-refractivity contribution in [3.05, 3.63) is 0 Å². The molecule has 1 heteroatoms. The van der Waals surface area contributed by atoms with E-state index in [0.717, 1.165) is 12.1 Å². The van der Waals surface area contributed by atoms with Crippen molar-refractivity contribution in [2.24, 2.45) is 0 Å². The van der Waals surface area contributed by atoms with Crippen LogP contribution < -0.4 is 0 Å². The van der Waals surface area contributed by atoms with Crippen molar-refractivity contribution < 1.29 is 0 Å². The van der Waals surface area contributed by atoms with Crippen LogP contribution in [0.25, 0.3) is 0 Å². The van der Waals surface area contributed by atoms with Crippen LogP contribution in [0.4, 0.5) is 0 Å². The summed E-state index contributed by atoms with van der Waals surface area (Å²) < 4.78 is 0. The van der Waals surface area contributed by atoms with Crippen LogP contribution in [0.2, 0.25) is 0 Å². The van der Waals surface area contributed by atoms with Gasteiger partial charge in [0.25, 0.3) is 0 Å². The molecular weight excluding hydrogens is 146 g/mol. The SMILES string of the molecule is CC.CCN1C(C)CCCC1C. The highest BCUT2D eigenvalue weighted by Crippen LogP contribution is 2.21. The highest BCUT2D eigenvalue weighted by atomic mass is 15.2. The maximum absolute atomic E-state index is 2.60. The fraction of sp³-hybridized carbons (Fsp3) is 1.00. The predicted molar refractivity (Wildman–Crippen MR) is 56.5 cm³/mol. The zero-order valence-electron chi connectivity index (χ0n) is 9.43. The predicted octanol–water partition coefficient (Wildman–Crippen LogP) is 3.30. The number of likely N-dealkylation sites (tertiary alicyclic amines) is 1. The molecule has 0 aromatic rings. The van der Waals surface area contributed by atoms with Crippen molar-refractivity contribution in [3.8, 4) is 0 Å². The summed E-state index contributed by atoms with van der Waals surface area (Å²) in [4.78, 5) is 2.60. The van der Waals surface area contributed by atoms with Crippen LogP contribution in [0.15, 0.2) is 0 Å². The Balaban J connectivity index is 0.000000561. The van der Waals surface area contributed by atoms with Gasteiger partial charge in [-0.25, -0.2) is 0 Å². The molecular formula is C11H25N. The Bertz CT molecular complexity index is 91.2. The average molecular weight is 171 g/mol. The second-order valence-electron chi connectivity index (χ2n) is 3.46. The number of hydrogen-bond acceptors (Lipinski definition) is 1. The quantitative estimate of drug-likeness (QED) is 0.585. The van der Waals surface area contributed by atoms with Crippen molar-refractivity contribution in [1.82, 2.24) is 4.90 Å². The summed E-state index contributed by atoms with van der Waals surface area (Å²) in [6.45, 7) is 12.2. The third-order valence-corrected chi connectivity index (χ3v) is 2.74. The molecule has 0 spiro atoms. The van der Waals surface area contributed by atoms with Gasteiger partial charge in [0.1, 0.15) is 0 Å². The summed E-state index contributed by atoms with van der Waals surface area (Å²) in [5.41, 5.74) is 0. The molecule has 1 aliphatic rings. The van der Waals surface area contributed by atoms with Crippen molar-refractivity contribution in [2.45, 2.75) is 66.0 Å². The van der Waals surface area contributed by atoms with E-state index in [9.17, 15) is 0 Å². The molecule has 0 N–H and O–H groups in total. The zero-order chi connectivity index (χ0) is 9.56. The number of rotatable bonds is 1. The van der Waals surface area contributed by atoms with Gasteiger partial charge in [0.05, 0.1) is 0 Å². The smallest absolute Gasteiger partial charge is 0.00696 e. The second kappa shape index (κ2) is 6.47. The molecule has 2 atom stereocenters. The molecule has 0 amide bonds. The van der Waals surface area contributed by atoms with Crippen LogP contribution in [0.1, 0.15) is 53.9 Å². The van der Waals surface area contributed by atoms with E-state index in [4.69, 9.17) is 0 Å². The fourth-order valence-electron chi connectivity index (χ4n) is 2.10. The maximum atomic E-state index is 2.60. The minimum absolute atomic E-state index is 0.828. The van der Waals surface area contributed by atoms with Crippen LogP contribution in [-0.4, -0.2) is 23.5 Å². The third kappa shape index (κ3) is 3.14. The molecule has 0 aliphatic carbocycles. The lowest BCUT2D eigenvalue weighted by atomic mass is 9.98. The van der Waals surface area contributed by atoms with Gasteiger partial charge < -0.3 is 0 Å². The Morgan fingerprint density at radius 3 is 1.75 bits per heavy atom. The van der Waals surface area contributed by atoms with Gasteiger partial charge in [0, 0.05) is 12.1 Å². The van der Waals surface area contributed by atoms with E-state index < -0.39 is 0 Å². The van der Waals surface area contributed by atoms with Crippen LogP contribution >= 0.6 is 0 Å². The average Bonchev–Trinajstić information content (AvgIpc) is 2.08. The molecule has 0 bridgehead atoms. The molecule has 1 rings (SSSR count). The van der Waals surface area contributed by atoms with E-state index in [2.05, 4.69) is 25.7 Å². The summed E-state index contributed by atoms with van der Waals surface area (Å²) in [7, 11) is 0. The molecule has 1 fully saturated rings. The lowest BCUT2D eigenvalue weighted by molar-refractivity contribution is 0.111. The van der Waals surface area contributed by atoms with Gasteiger partial charge in [-0.1, -0.05) is 27.2 Å². The summed E-state index contributed by atoms with van der Waals surface area (Å²) >= 11 is 0. The first-order chi connectivity index (χ1) is 5.75. The van der Waals surface area contributed by atoms with Gasteiger partial charge in [-0.2, -0.15) is 0 Å². The van der Waals surface area contributed by atoms with Gasteiger partial charge >= 0.3 is 0 Å². The lowest BCUT2D eigenvalue weighted by Gasteiger charge is -2.38. The molecule has 1 nitrogen and oxygen atoms in total. The van der Waals surface area contributed by atoms with Crippen LogP contribution in [0.3, 0.4) is 0 Å². The Labute approximate surface area is 78.1 Å². The van der Waals surface area contributed by atoms with Gasteiger partial charge in [-0.15, -0.1) is 0 Å². The minimum Gasteiger partial charge on any atom is -0.298 e. The number of piperidine rings is 1. The first-order valence-corrected chi connectivity index (χ1v) is 5.51. The molecule has 0 saturated carbocycles. The number of hydrogen-bond donors (Lipinski definition) is 0. The van der Waals surface area contributed by atoms with E-state index in [-0.39, 0.29) is 0 Å². The molecule has 0 aromatic heterocycles. The molecule has 74 valence electrons. The van der Waals surface area contributed by atoms with Crippen LogP contribution in [-0.2, 0) is 0 Å². The van der Waals surface area contributed by atoms with E-state index in [1.54, 1.807) is 0 Å². The second-order valence-corrected chi connectivity index (χ2v) is 3.46. The van der Waals surface area contributed by atoms with Crippen molar-refractivity contribution in [3.63, 3.8) is 0 Å². The Morgan fingerprint density at radius 2 is 1.50 bits per heavy atom. The molecule has 1 aliphatic heterocycles. The molecule has 1 saturated heterocycles. The lowest BCUT2D eigenvalue weighted by Crippen LogP contribution is -2.43. The number of nitrogens with zero attached hydrogens (tertiary/aromatic N) is 1. The molecule has 1 heterocycles. The van der Waals surface area contributed by atoms with Crippen LogP contribution in [0.5, 0.6) is 0 Å². The molecule has 0 aromatic carbocycles. The third-order valence-electron chi connectivity index (χ3n) is 2.74. The van der Waals surface area contributed by atoms with E-state index in [1.165, 1.54) is 25.8 Å². The Morgan fingerprint density at radius 1 is 1.08 bits per heavy atom. The summed E-state index contributed by atoms with van der Waals surface area (Å²) in [5, 5.41) is 0. The van der Waals surface area contributed by atoms with Crippen molar-refractivity contribution >= 4 is 0 Å². The van der Waals surface area contributed by atoms with Gasteiger partial charge in [0.2, 0.25) is 0 Å². The summed E-state index contributed by atoms with van der Waals surface area (Å²) in [6.07, 6.45) is 4.23.